The third kappa shape index (κ3) is 12.2. The second-order valence-electron chi connectivity index (χ2n) is 9.59. The van der Waals surface area contributed by atoms with Crippen molar-refractivity contribution in [2.75, 3.05) is 18.5 Å². The first-order valence-electron chi connectivity index (χ1n) is 14.0. The lowest BCUT2D eigenvalue weighted by atomic mass is 10.0. The molecule has 0 radical (unpaired) electrons. The van der Waals surface area contributed by atoms with Crippen LogP contribution in [-0.2, 0) is 0 Å². The van der Waals surface area contributed by atoms with Gasteiger partial charge in [-0.15, -0.1) is 0 Å². The van der Waals surface area contributed by atoms with Gasteiger partial charge in [0.25, 0.3) is 0 Å². The summed E-state index contributed by atoms with van der Waals surface area (Å²) in [6.07, 6.45) is 19.8. The van der Waals surface area contributed by atoms with Crippen LogP contribution >= 0.6 is 11.6 Å². The Morgan fingerprint density at radius 2 is 1.21 bits per heavy atom. The van der Waals surface area contributed by atoms with E-state index >= 15 is 0 Å². The number of benzene rings is 2. The molecule has 2 aromatic carbocycles. The Labute approximate surface area is 214 Å². The highest BCUT2D eigenvalue weighted by atomic mass is 35.5. The van der Waals surface area contributed by atoms with Gasteiger partial charge in [-0.1, -0.05) is 121 Å². The lowest BCUT2D eigenvalue weighted by molar-refractivity contribution is 0.305. The maximum atomic E-state index is 6.32. The normalized spacial score (nSPS) is 11.0. The van der Waals surface area contributed by atoms with E-state index in [1.165, 1.54) is 95.6 Å². The Kier molecular flexibility index (Phi) is 15.7. The van der Waals surface area contributed by atoms with Gasteiger partial charge in [0.15, 0.2) is 0 Å². The molecule has 0 saturated heterocycles. The minimum atomic E-state index is 0.746. The minimum Gasteiger partial charge on any atom is -0.493 e. The van der Waals surface area contributed by atoms with Crippen LogP contribution in [-0.4, -0.2) is 13.2 Å². The zero-order valence-corrected chi connectivity index (χ0v) is 22.6. The molecule has 0 fully saturated rings. The van der Waals surface area contributed by atoms with Crippen molar-refractivity contribution >= 4 is 17.3 Å². The summed E-state index contributed by atoms with van der Waals surface area (Å²) in [5, 5.41) is 4.31. The Hall–Kier alpha value is -1.67. The van der Waals surface area contributed by atoms with Crippen LogP contribution in [0, 0.1) is 0 Å². The maximum Gasteiger partial charge on any atom is 0.127 e. The van der Waals surface area contributed by atoms with E-state index < -0.39 is 0 Å². The number of hydrogen-bond donors (Lipinski definition) is 1. The van der Waals surface area contributed by atoms with Crippen LogP contribution in [0.3, 0.4) is 0 Å². The molecule has 0 aliphatic carbocycles. The molecule has 0 unspecified atom stereocenters. The summed E-state index contributed by atoms with van der Waals surface area (Å²) in [7, 11) is 0. The Morgan fingerprint density at radius 1 is 0.647 bits per heavy atom. The van der Waals surface area contributed by atoms with Gasteiger partial charge in [0.05, 0.1) is 6.61 Å². The third-order valence-corrected chi connectivity index (χ3v) is 6.74. The molecule has 190 valence electrons. The molecule has 34 heavy (non-hydrogen) atoms. The van der Waals surface area contributed by atoms with E-state index in [9.17, 15) is 0 Å². The monoisotopic (exact) mass is 485 g/mol. The first-order chi connectivity index (χ1) is 16.7. The number of hydrogen-bond acceptors (Lipinski definition) is 2. The minimum absolute atomic E-state index is 0.746. The lowest BCUT2D eigenvalue weighted by Gasteiger charge is -2.13. The van der Waals surface area contributed by atoms with E-state index in [0.717, 1.165) is 41.5 Å². The summed E-state index contributed by atoms with van der Waals surface area (Å²) in [6.45, 7) is 6.35. The van der Waals surface area contributed by atoms with Gasteiger partial charge in [0.2, 0.25) is 0 Å². The van der Waals surface area contributed by atoms with Gasteiger partial charge in [0, 0.05) is 22.8 Å². The van der Waals surface area contributed by atoms with Crippen molar-refractivity contribution in [2.45, 2.75) is 110 Å². The second-order valence-corrected chi connectivity index (χ2v) is 10.0. The molecule has 3 heteroatoms. The predicted molar refractivity (Wildman–Crippen MR) is 151 cm³/mol. The first-order valence-corrected chi connectivity index (χ1v) is 14.4. The highest BCUT2D eigenvalue weighted by Crippen LogP contribution is 2.33. The number of ether oxygens (including phenoxy) is 1. The maximum absolute atomic E-state index is 6.32. The number of rotatable bonds is 20. The van der Waals surface area contributed by atoms with Gasteiger partial charge < -0.3 is 10.1 Å². The summed E-state index contributed by atoms with van der Waals surface area (Å²) < 4.78 is 6.17. The van der Waals surface area contributed by atoms with Crippen molar-refractivity contribution in [3.05, 3.63) is 47.5 Å². The molecule has 0 aromatic heterocycles. The van der Waals surface area contributed by atoms with Crippen LogP contribution in [0.2, 0.25) is 5.02 Å². The van der Waals surface area contributed by atoms with Crippen LogP contribution in [0.1, 0.15) is 110 Å². The Bertz CT molecular complexity index is 759. The van der Waals surface area contributed by atoms with E-state index in [2.05, 4.69) is 43.4 Å². The van der Waals surface area contributed by atoms with Crippen molar-refractivity contribution in [3.8, 4) is 16.9 Å². The molecule has 0 aliphatic rings. The SMILES string of the molecule is CCCCCCCCCCOc1ccc(Cl)cc1-c1ccc(NCCCCCCCCC)cc1. The fourth-order valence-corrected chi connectivity index (χ4v) is 4.53. The van der Waals surface area contributed by atoms with Crippen LogP contribution < -0.4 is 10.1 Å². The average Bonchev–Trinajstić information content (AvgIpc) is 2.86. The Morgan fingerprint density at radius 3 is 1.82 bits per heavy atom. The van der Waals surface area contributed by atoms with Gasteiger partial charge in [-0.05, 0) is 48.7 Å². The predicted octanol–water partition coefficient (Wildman–Crippen LogP) is 10.7. The topological polar surface area (TPSA) is 21.3 Å². The molecule has 0 spiro atoms. The van der Waals surface area contributed by atoms with E-state index in [1.54, 1.807) is 0 Å². The summed E-state index contributed by atoms with van der Waals surface area (Å²) >= 11 is 6.32. The molecule has 2 rings (SSSR count). The smallest absolute Gasteiger partial charge is 0.127 e. The largest absolute Gasteiger partial charge is 0.493 e. The molecular formula is C31H48ClNO. The van der Waals surface area contributed by atoms with Crippen LogP contribution in [0.25, 0.3) is 11.1 Å². The lowest BCUT2D eigenvalue weighted by Crippen LogP contribution is -2.01. The number of unbranched alkanes of at least 4 members (excludes halogenated alkanes) is 13. The van der Waals surface area contributed by atoms with Crippen LogP contribution in [0.15, 0.2) is 42.5 Å². The molecule has 2 nitrogen and oxygen atoms in total. The van der Waals surface area contributed by atoms with Crippen molar-refractivity contribution in [1.82, 2.24) is 0 Å². The van der Waals surface area contributed by atoms with Crippen LogP contribution in [0.5, 0.6) is 5.75 Å². The van der Waals surface area contributed by atoms with Gasteiger partial charge in [-0.3, -0.25) is 0 Å². The fraction of sp³-hybridized carbons (Fsp3) is 0.613. The fourth-order valence-electron chi connectivity index (χ4n) is 4.35. The number of nitrogens with one attached hydrogen (secondary N) is 1. The molecule has 0 saturated carbocycles. The molecule has 0 atom stereocenters. The van der Waals surface area contributed by atoms with Crippen molar-refractivity contribution in [3.63, 3.8) is 0 Å². The second kappa shape index (κ2) is 18.6. The molecule has 0 bridgehead atoms. The van der Waals surface area contributed by atoms with E-state index in [4.69, 9.17) is 16.3 Å². The standard InChI is InChI=1S/C31H48ClNO/c1-3-5-7-9-11-13-15-17-25-34-31-23-20-28(32)26-30(31)27-18-21-29(22-19-27)33-24-16-14-12-10-8-6-4-2/h18-23,26,33H,3-17,24-25H2,1-2H3. The molecule has 2 aromatic rings. The molecule has 1 N–H and O–H groups in total. The molecular weight excluding hydrogens is 438 g/mol. The van der Waals surface area contributed by atoms with E-state index in [1.807, 2.05) is 18.2 Å². The zero-order chi connectivity index (χ0) is 24.3. The summed E-state index contributed by atoms with van der Waals surface area (Å²) in [4.78, 5) is 0. The van der Waals surface area contributed by atoms with E-state index in [-0.39, 0.29) is 0 Å². The molecule has 0 heterocycles. The van der Waals surface area contributed by atoms with Gasteiger partial charge in [-0.2, -0.15) is 0 Å². The van der Waals surface area contributed by atoms with Gasteiger partial charge in [-0.25, -0.2) is 0 Å². The zero-order valence-electron chi connectivity index (χ0n) is 21.8. The molecule has 0 aliphatic heterocycles. The summed E-state index contributed by atoms with van der Waals surface area (Å²) in [5.41, 5.74) is 3.40. The van der Waals surface area contributed by atoms with E-state index in [0.29, 0.717) is 0 Å². The Balaban J connectivity index is 1.74. The van der Waals surface area contributed by atoms with Gasteiger partial charge >= 0.3 is 0 Å². The highest BCUT2D eigenvalue weighted by Gasteiger charge is 2.08. The number of anilines is 1. The van der Waals surface area contributed by atoms with Crippen molar-refractivity contribution in [2.24, 2.45) is 0 Å². The molecule has 0 amide bonds. The van der Waals surface area contributed by atoms with Crippen LogP contribution in [0.4, 0.5) is 5.69 Å². The number of halogens is 1. The summed E-state index contributed by atoms with van der Waals surface area (Å²) in [5.74, 6) is 0.927. The quantitative estimate of drug-likeness (QED) is 0.188. The third-order valence-electron chi connectivity index (χ3n) is 6.50. The van der Waals surface area contributed by atoms with Crippen molar-refractivity contribution < 1.29 is 4.74 Å². The van der Waals surface area contributed by atoms with Gasteiger partial charge in [0.1, 0.15) is 5.75 Å². The highest BCUT2D eigenvalue weighted by molar-refractivity contribution is 6.31. The average molecular weight is 486 g/mol. The first kappa shape index (κ1) is 28.6. The summed E-state index contributed by atoms with van der Waals surface area (Å²) in [6, 6.07) is 14.6. The van der Waals surface area contributed by atoms with Crippen molar-refractivity contribution in [1.29, 1.82) is 0 Å².